The molecule has 142 valence electrons. The molecule has 3 heterocycles. The van der Waals surface area contributed by atoms with Crippen molar-refractivity contribution in [3.8, 4) is 11.5 Å². The van der Waals surface area contributed by atoms with Gasteiger partial charge in [0, 0.05) is 36.2 Å². The maximum absolute atomic E-state index is 11.2. The van der Waals surface area contributed by atoms with E-state index in [2.05, 4.69) is 15.3 Å². The summed E-state index contributed by atoms with van der Waals surface area (Å²) in [5, 5.41) is 14.1. The van der Waals surface area contributed by atoms with Crippen molar-refractivity contribution in [2.75, 3.05) is 18.5 Å². The van der Waals surface area contributed by atoms with Crippen LogP contribution < -0.4 is 20.5 Å². The molecule has 1 atom stereocenters. The number of aromatic nitrogens is 2. The van der Waals surface area contributed by atoms with Gasteiger partial charge in [-0.25, -0.2) is 9.98 Å². The third-order valence-corrected chi connectivity index (χ3v) is 4.68. The smallest absolute Gasteiger partial charge is 0.269 e. The van der Waals surface area contributed by atoms with Crippen molar-refractivity contribution in [3.63, 3.8) is 0 Å². The Morgan fingerprint density at radius 2 is 2.00 bits per heavy atom. The molecule has 28 heavy (non-hydrogen) atoms. The van der Waals surface area contributed by atoms with E-state index in [4.69, 9.17) is 15.2 Å². The number of ether oxygens (including phenoxy) is 2. The zero-order chi connectivity index (χ0) is 19.3. The normalized spacial score (nSPS) is 18.0. The molecule has 10 heteroatoms. The Labute approximate surface area is 158 Å². The fourth-order valence-electron chi connectivity index (χ4n) is 3.45. The number of nitro benzene ring substituents is 1. The molecule has 0 bridgehead atoms. The first-order valence-corrected chi connectivity index (χ1v) is 8.76. The van der Waals surface area contributed by atoms with Gasteiger partial charge in [-0.05, 0) is 0 Å². The second-order valence-electron chi connectivity index (χ2n) is 6.51. The average molecular weight is 380 g/mol. The van der Waals surface area contributed by atoms with Crippen molar-refractivity contribution >= 4 is 28.6 Å². The van der Waals surface area contributed by atoms with Crippen molar-refractivity contribution in [3.05, 3.63) is 52.1 Å². The quantitative estimate of drug-likeness (QED) is 0.516. The first-order chi connectivity index (χ1) is 13.6. The average Bonchev–Trinajstić information content (AvgIpc) is 2.87. The van der Waals surface area contributed by atoms with Gasteiger partial charge in [-0.15, -0.1) is 0 Å². The van der Waals surface area contributed by atoms with Crippen LogP contribution >= 0.6 is 0 Å². The summed E-state index contributed by atoms with van der Waals surface area (Å²) in [6.07, 6.45) is 0.210. The molecule has 0 amide bonds. The number of benzene rings is 2. The largest absolute Gasteiger partial charge is 0.489 e. The number of guanidine groups is 1. The van der Waals surface area contributed by atoms with Crippen molar-refractivity contribution in [1.29, 1.82) is 0 Å². The Morgan fingerprint density at radius 1 is 1.21 bits per heavy atom. The molecule has 3 aromatic rings. The zero-order valence-corrected chi connectivity index (χ0v) is 14.7. The Morgan fingerprint density at radius 3 is 2.79 bits per heavy atom. The van der Waals surface area contributed by atoms with Gasteiger partial charge in [0.15, 0.2) is 23.6 Å². The number of hydrogen-bond acceptors (Lipinski definition) is 8. The molecule has 2 aliphatic heterocycles. The van der Waals surface area contributed by atoms with E-state index in [-0.39, 0.29) is 11.6 Å². The van der Waals surface area contributed by atoms with E-state index in [0.29, 0.717) is 41.7 Å². The zero-order valence-electron chi connectivity index (χ0n) is 14.7. The summed E-state index contributed by atoms with van der Waals surface area (Å²) >= 11 is 0. The number of rotatable bonds is 2. The van der Waals surface area contributed by atoms with E-state index in [9.17, 15) is 10.1 Å². The number of imidazole rings is 1. The van der Waals surface area contributed by atoms with Crippen molar-refractivity contribution < 1.29 is 14.4 Å². The van der Waals surface area contributed by atoms with E-state index >= 15 is 0 Å². The summed E-state index contributed by atoms with van der Waals surface area (Å²) in [5.41, 5.74) is 8.01. The standard InChI is InChI=1S/C18H16N6O4/c19-17-21-16(10-3-1-4-11(7-10)24(25)26)23-13-9-15-14(27-5-2-6-28-15)8-12(13)20-18(23)22-17/h1,3-4,7-9,16H,2,5-6H2,(H3,19,20,21,22)/t16-/m0/s1. The highest BCUT2D eigenvalue weighted by atomic mass is 16.6. The lowest BCUT2D eigenvalue weighted by Crippen LogP contribution is -2.31. The molecule has 0 spiro atoms. The lowest BCUT2D eigenvalue weighted by Gasteiger charge is -2.23. The lowest BCUT2D eigenvalue weighted by molar-refractivity contribution is -0.384. The van der Waals surface area contributed by atoms with Gasteiger partial charge in [-0.1, -0.05) is 12.1 Å². The lowest BCUT2D eigenvalue weighted by atomic mass is 10.1. The van der Waals surface area contributed by atoms with Gasteiger partial charge in [-0.3, -0.25) is 20.0 Å². The second kappa shape index (κ2) is 6.12. The predicted molar refractivity (Wildman–Crippen MR) is 102 cm³/mol. The summed E-state index contributed by atoms with van der Waals surface area (Å²) in [6.45, 7) is 1.15. The van der Waals surface area contributed by atoms with Crippen LogP contribution in [-0.4, -0.2) is 33.6 Å². The molecular formula is C18H16N6O4. The fourth-order valence-corrected chi connectivity index (χ4v) is 3.45. The van der Waals surface area contributed by atoms with Crippen LogP contribution in [0.3, 0.4) is 0 Å². The highest BCUT2D eigenvalue weighted by Gasteiger charge is 2.27. The summed E-state index contributed by atoms with van der Waals surface area (Å²) < 4.78 is 13.4. The van der Waals surface area contributed by atoms with E-state index in [0.717, 1.165) is 11.9 Å². The molecule has 0 saturated carbocycles. The molecule has 10 nitrogen and oxygen atoms in total. The molecule has 0 radical (unpaired) electrons. The molecule has 0 aliphatic carbocycles. The van der Waals surface area contributed by atoms with Crippen LogP contribution in [0.4, 0.5) is 11.6 Å². The number of fused-ring (bicyclic) bond motifs is 4. The molecular weight excluding hydrogens is 364 g/mol. The molecule has 5 rings (SSSR count). The van der Waals surface area contributed by atoms with Crippen LogP contribution in [0.2, 0.25) is 0 Å². The van der Waals surface area contributed by atoms with Gasteiger partial charge in [0.05, 0.1) is 29.2 Å². The number of nitrogens with one attached hydrogen (secondary N) is 1. The van der Waals surface area contributed by atoms with Gasteiger partial charge in [-0.2, -0.15) is 0 Å². The maximum atomic E-state index is 11.2. The molecule has 2 aliphatic rings. The van der Waals surface area contributed by atoms with E-state index in [1.165, 1.54) is 12.1 Å². The Kier molecular flexibility index (Phi) is 3.57. The highest BCUT2D eigenvalue weighted by molar-refractivity contribution is 5.95. The van der Waals surface area contributed by atoms with Crippen LogP contribution in [0.15, 0.2) is 41.4 Å². The van der Waals surface area contributed by atoms with Crippen molar-refractivity contribution in [2.24, 2.45) is 10.7 Å². The van der Waals surface area contributed by atoms with E-state index in [1.807, 2.05) is 16.7 Å². The number of nitrogens with zero attached hydrogens (tertiary/aromatic N) is 4. The van der Waals surface area contributed by atoms with Crippen LogP contribution in [0.5, 0.6) is 11.5 Å². The van der Waals surface area contributed by atoms with Crippen LogP contribution in [-0.2, 0) is 0 Å². The first-order valence-electron chi connectivity index (χ1n) is 8.76. The maximum Gasteiger partial charge on any atom is 0.269 e. The predicted octanol–water partition coefficient (Wildman–Crippen LogP) is 2.39. The number of nitro groups is 1. The third-order valence-electron chi connectivity index (χ3n) is 4.68. The number of anilines is 1. The van der Waals surface area contributed by atoms with Gasteiger partial charge in [0.25, 0.3) is 5.69 Å². The fraction of sp³-hybridized carbons (Fsp3) is 0.222. The Hall–Kier alpha value is -3.82. The number of non-ortho nitro benzene ring substituents is 1. The van der Waals surface area contributed by atoms with Crippen molar-refractivity contribution in [1.82, 2.24) is 9.55 Å². The summed E-state index contributed by atoms with van der Waals surface area (Å²) in [4.78, 5) is 19.8. The topological polar surface area (TPSA) is 130 Å². The van der Waals surface area contributed by atoms with E-state index in [1.54, 1.807) is 12.1 Å². The van der Waals surface area contributed by atoms with E-state index < -0.39 is 11.1 Å². The number of aliphatic imine (C=N–C) groups is 1. The molecule has 2 aromatic carbocycles. The van der Waals surface area contributed by atoms with Crippen LogP contribution in [0.25, 0.3) is 11.0 Å². The summed E-state index contributed by atoms with van der Waals surface area (Å²) in [7, 11) is 0. The van der Waals surface area contributed by atoms with Crippen LogP contribution in [0, 0.1) is 10.1 Å². The minimum atomic E-state index is -0.592. The number of hydrogen-bond donors (Lipinski definition) is 2. The summed E-state index contributed by atoms with van der Waals surface area (Å²) in [6, 6.07) is 10.0. The molecule has 1 aromatic heterocycles. The number of nitrogens with two attached hydrogens (primary N) is 1. The molecule has 3 N–H and O–H groups in total. The van der Waals surface area contributed by atoms with Gasteiger partial charge >= 0.3 is 0 Å². The summed E-state index contributed by atoms with van der Waals surface area (Å²) in [5.74, 6) is 1.96. The molecule has 0 fully saturated rings. The minimum absolute atomic E-state index is 0.0126. The SMILES string of the molecule is NC1=N[C@H](c2cccc([N+](=O)[O-])c2)n2c(nc3cc4c(cc32)OCCCO4)N1. The highest BCUT2D eigenvalue weighted by Crippen LogP contribution is 2.39. The van der Waals surface area contributed by atoms with Crippen molar-refractivity contribution in [2.45, 2.75) is 12.6 Å². The van der Waals surface area contributed by atoms with Gasteiger partial charge in [0.2, 0.25) is 5.95 Å². The second-order valence-corrected chi connectivity index (χ2v) is 6.51. The van der Waals surface area contributed by atoms with Gasteiger partial charge in [0.1, 0.15) is 0 Å². The first kappa shape index (κ1) is 16.4. The minimum Gasteiger partial charge on any atom is -0.489 e. The van der Waals surface area contributed by atoms with Crippen LogP contribution in [0.1, 0.15) is 18.2 Å². The van der Waals surface area contributed by atoms with Gasteiger partial charge < -0.3 is 15.2 Å². The Bertz CT molecular complexity index is 1140. The monoisotopic (exact) mass is 380 g/mol. The third kappa shape index (κ3) is 2.57. The molecule has 0 unspecified atom stereocenters. The molecule has 0 saturated heterocycles. The Balaban J connectivity index is 1.70.